The van der Waals surface area contributed by atoms with Gasteiger partial charge in [-0.3, -0.25) is 4.79 Å². The average molecular weight is 326 g/mol. The lowest BCUT2D eigenvalue weighted by molar-refractivity contribution is -0.115. The highest BCUT2D eigenvalue weighted by Crippen LogP contribution is 2.27. The van der Waals surface area contributed by atoms with Crippen molar-refractivity contribution in [3.63, 3.8) is 0 Å². The molecule has 1 aliphatic rings. The maximum atomic E-state index is 11.9. The molecule has 0 spiro atoms. The smallest absolute Gasteiger partial charge is 0.264 e. The fraction of sp³-hybridized carbons (Fsp3) is 0.0588. The van der Waals surface area contributed by atoms with Gasteiger partial charge in [0.2, 0.25) is 0 Å². The van der Waals surface area contributed by atoms with E-state index in [2.05, 4.69) is 10.3 Å². The lowest BCUT2D eigenvalue weighted by Gasteiger charge is -2.00. The van der Waals surface area contributed by atoms with Crippen molar-refractivity contribution in [2.45, 2.75) is 0 Å². The summed E-state index contributed by atoms with van der Waals surface area (Å²) in [5, 5.41) is 3.28. The zero-order valence-corrected chi connectivity index (χ0v) is 13.2. The van der Waals surface area contributed by atoms with Crippen molar-refractivity contribution in [2.75, 3.05) is 7.11 Å². The maximum absolute atomic E-state index is 11.9. The van der Waals surface area contributed by atoms with Crippen LogP contribution >= 0.6 is 11.8 Å². The van der Waals surface area contributed by atoms with Crippen LogP contribution in [0.1, 0.15) is 5.76 Å². The average Bonchev–Trinajstić information content (AvgIpc) is 3.18. The van der Waals surface area contributed by atoms with Gasteiger partial charge in [0.15, 0.2) is 5.17 Å². The summed E-state index contributed by atoms with van der Waals surface area (Å²) in [5.41, 5.74) is 0.722. The van der Waals surface area contributed by atoms with Crippen LogP contribution in [0.25, 0.3) is 6.08 Å². The highest BCUT2D eigenvalue weighted by atomic mass is 32.2. The first-order valence-corrected chi connectivity index (χ1v) is 7.70. The van der Waals surface area contributed by atoms with Gasteiger partial charge in [-0.15, -0.1) is 0 Å². The van der Waals surface area contributed by atoms with Gasteiger partial charge in [0.05, 0.1) is 24.0 Å². The Labute approximate surface area is 137 Å². The van der Waals surface area contributed by atoms with Crippen LogP contribution in [-0.4, -0.2) is 18.2 Å². The van der Waals surface area contributed by atoms with E-state index >= 15 is 0 Å². The fourth-order valence-electron chi connectivity index (χ4n) is 1.91. The summed E-state index contributed by atoms with van der Waals surface area (Å²) >= 11 is 1.29. The van der Waals surface area contributed by atoms with Crippen molar-refractivity contribution >= 4 is 34.6 Å². The van der Waals surface area contributed by atoms with Crippen LogP contribution in [0.5, 0.6) is 5.75 Å². The van der Waals surface area contributed by atoms with Gasteiger partial charge in [0.1, 0.15) is 11.5 Å². The maximum Gasteiger partial charge on any atom is 0.264 e. The largest absolute Gasteiger partial charge is 0.497 e. The molecule has 0 bridgehead atoms. The molecule has 116 valence electrons. The highest BCUT2D eigenvalue weighted by Gasteiger charge is 2.23. The molecule has 3 rings (SSSR count). The summed E-state index contributed by atoms with van der Waals surface area (Å²) < 4.78 is 10.3. The first-order chi connectivity index (χ1) is 11.2. The Kier molecular flexibility index (Phi) is 4.63. The molecule has 0 saturated carbocycles. The lowest BCUT2D eigenvalue weighted by atomic mass is 10.3. The summed E-state index contributed by atoms with van der Waals surface area (Å²) in [6, 6.07) is 11.0. The van der Waals surface area contributed by atoms with Gasteiger partial charge < -0.3 is 14.5 Å². The number of thioether (sulfide) groups is 1. The number of nitrogens with one attached hydrogen (secondary N) is 1. The molecular weight excluding hydrogens is 312 g/mol. The molecule has 2 heterocycles. The first kappa shape index (κ1) is 15.2. The summed E-state index contributed by atoms with van der Waals surface area (Å²) in [6.07, 6.45) is 6.90. The number of aliphatic imine (C=N–C) groups is 1. The van der Waals surface area contributed by atoms with Gasteiger partial charge in [-0.25, -0.2) is 4.99 Å². The monoisotopic (exact) mass is 326 g/mol. The minimum atomic E-state index is -0.166. The van der Waals surface area contributed by atoms with E-state index in [1.54, 1.807) is 37.7 Å². The van der Waals surface area contributed by atoms with E-state index in [9.17, 15) is 4.79 Å². The number of nitrogens with zero attached hydrogens (tertiary/aromatic N) is 1. The highest BCUT2D eigenvalue weighted by molar-refractivity contribution is 8.18. The molecule has 1 aromatic carbocycles. The number of ether oxygens (including phenoxy) is 1. The summed E-state index contributed by atoms with van der Waals surface area (Å²) in [5.74, 6) is 1.29. The van der Waals surface area contributed by atoms with Crippen LogP contribution in [0.2, 0.25) is 0 Å². The molecular formula is C17H14N2O3S. The SMILES string of the molecule is COc1cccc(N=C2NC(=O)C(=CC=Cc3ccco3)S2)c1. The Balaban J connectivity index is 1.72. The molecule has 0 aliphatic carbocycles. The minimum absolute atomic E-state index is 0.166. The molecule has 5 nitrogen and oxygen atoms in total. The lowest BCUT2D eigenvalue weighted by Crippen LogP contribution is -2.19. The van der Waals surface area contributed by atoms with Gasteiger partial charge >= 0.3 is 0 Å². The Morgan fingerprint density at radius 2 is 2.22 bits per heavy atom. The topological polar surface area (TPSA) is 63.8 Å². The van der Waals surface area contributed by atoms with E-state index in [-0.39, 0.29) is 5.91 Å². The fourth-order valence-corrected chi connectivity index (χ4v) is 2.70. The zero-order chi connectivity index (χ0) is 16.1. The van der Waals surface area contributed by atoms with E-state index in [0.717, 1.165) is 17.2 Å². The molecule has 23 heavy (non-hydrogen) atoms. The molecule has 1 amide bonds. The minimum Gasteiger partial charge on any atom is -0.497 e. The number of carbonyl (C=O) groups is 1. The Hall–Kier alpha value is -2.73. The second-order valence-corrected chi connectivity index (χ2v) is 5.61. The van der Waals surface area contributed by atoms with Gasteiger partial charge in [-0.05, 0) is 48.2 Å². The van der Waals surface area contributed by atoms with Crippen LogP contribution in [0.3, 0.4) is 0 Å². The van der Waals surface area contributed by atoms with Crippen molar-refractivity contribution < 1.29 is 13.9 Å². The first-order valence-electron chi connectivity index (χ1n) is 6.88. The van der Waals surface area contributed by atoms with Crippen LogP contribution < -0.4 is 10.1 Å². The van der Waals surface area contributed by atoms with Crippen LogP contribution in [0.4, 0.5) is 5.69 Å². The van der Waals surface area contributed by atoms with Crippen LogP contribution in [0.15, 0.2) is 69.1 Å². The zero-order valence-electron chi connectivity index (χ0n) is 12.4. The molecule has 1 saturated heterocycles. The third-order valence-electron chi connectivity index (χ3n) is 2.99. The van der Waals surface area contributed by atoms with E-state index in [1.807, 2.05) is 30.3 Å². The van der Waals surface area contributed by atoms with Gasteiger partial charge in [-0.2, -0.15) is 0 Å². The number of hydrogen-bond acceptors (Lipinski definition) is 5. The Morgan fingerprint density at radius 3 is 3.00 bits per heavy atom. The third kappa shape index (κ3) is 3.92. The van der Waals surface area contributed by atoms with Crippen molar-refractivity contribution in [2.24, 2.45) is 4.99 Å². The number of hydrogen-bond donors (Lipinski definition) is 1. The number of amides is 1. The normalized spacial score (nSPS) is 18.0. The molecule has 2 aromatic rings. The van der Waals surface area contributed by atoms with Crippen molar-refractivity contribution in [1.82, 2.24) is 5.32 Å². The number of furan rings is 1. The number of allylic oxidation sites excluding steroid dienone is 2. The van der Waals surface area contributed by atoms with Crippen molar-refractivity contribution in [3.05, 3.63) is 65.5 Å². The predicted molar refractivity (Wildman–Crippen MR) is 91.6 cm³/mol. The third-order valence-corrected chi connectivity index (χ3v) is 3.91. The Morgan fingerprint density at radius 1 is 1.30 bits per heavy atom. The van der Waals surface area contributed by atoms with Crippen molar-refractivity contribution in [1.29, 1.82) is 0 Å². The summed E-state index contributed by atoms with van der Waals surface area (Å²) in [7, 11) is 1.60. The number of benzene rings is 1. The molecule has 1 aromatic heterocycles. The van der Waals surface area contributed by atoms with Crippen LogP contribution in [0, 0.1) is 0 Å². The Bertz CT molecular complexity index is 792. The standard InChI is InChI=1S/C17H14N2O3S/c1-21-14-7-2-5-12(11-14)18-17-19-16(20)15(23-17)9-3-6-13-8-4-10-22-13/h2-11H,1H3,(H,18,19,20). The predicted octanol–water partition coefficient (Wildman–Crippen LogP) is 3.74. The number of methoxy groups -OCH3 is 1. The summed E-state index contributed by atoms with van der Waals surface area (Å²) in [4.78, 5) is 16.9. The molecule has 1 aliphatic heterocycles. The number of carbonyl (C=O) groups excluding carboxylic acids is 1. The number of amidine groups is 1. The van der Waals surface area contributed by atoms with E-state index in [4.69, 9.17) is 9.15 Å². The molecule has 0 radical (unpaired) electrons. The van der Waals surface area contributed by atoms with E-state index in [1.165, 1.54) is 11.8 Å². The van der Waals surface area contributed by atoms with E-state index < -0.39 is 0 Å². The quantitative estimate of drug-likeness (QED) is 0.870. The van der Waals surface area contributed by atoms with Crippen molar-refractivity contribution in [3.8, 4) is 5.75 Å². The molecule has 1 N–H and O–H groups in total. The molecule has 0 unspecified atom stereocenters. The molecule has 0 atom stereocenters. The van der Waals surface area contributed by atoms with E-state index in [0.29, 0.717) is 10.1 Å². The number of rotatable bonds is 4. The van der Waals surface area contributed by atoms with Gasteiger partial charge in [-0.1, -0.05) is 12.1 Å². The second-order valence-electron chi connectivity index (χ2n) is 4.58. The molecule has 1 fully saturated rings. The second kappa shape index (κ2) is 7.02. The van der Waals surface area contributed by atoms with Gasteiger partial charge in [0.25, 0.3) is 5.91 Å². The molecule has 6 heteroatoms. The van der Waals surface area contributed by atoms with Gasteiger partial charge in [0, 0.05) is 6.07 Å². The van der Waals surface area contributed by atoms with Crippen LogP contribution in [-0.2, 0) is 4.79 Å². The summed E-state index contributed by atoms with van der Waals surface area (Å²) in [6.45, 7) is 0.